The normalized spacial score (nSPS) is 11.6. The van der Waals surface area contributed by atoms with Gasteiger partial charge in [-0.05, 0) is 73.9 Å². The predicted molar refractivity (Wildman–Crippen MR) is 94.9 cm³/mol. The van der Waals surface area contributed by atoms with Gasteiger partial charge in [0, 0.05) is 16.5 Å². The zero-order chi connectivity index (χ0) is 17.9. The van der Waals surface area contributed by atoms with Crippen LogP contribution in [0.15, 0.2) is 42.5 Å². The number of rotatable bonds is 1. The monoisotopic (exact) mass is 339 g/mol. The van der Waals surface area contributed by atoms with Crippen LogP contribution in [0.1, 0.15) is 16.7 Å². The number of halogens is 3. The molecule has 0 amide bonds. The summed E-state index contributed by atoms with van der Waals surface area (Å²) >= 11 is 0. The zero-order valence-electron chi connectivity index (χ0n) is 14.1. The third-order valence-electron chi connectivity index (χ3n) is 4.57. The third kappa shape index (κ3) is 2.32. The van der Waals surface area contributed by atoms with E-state index in [0.29, 0.717) is 22.0 Å². The lowest BCUT2D eigenvalue weighted by molar-refractivity contribution is 0.615. The molecule has 1 heterocycles. The Kier molecular flexibility index (Phi) is 3.39. The first-order valence-corrected chi connectivity index (χ1v) is 8.04. The molecule has 3 aromatic carbocycles. The second kappa shape index (κ2) is 5.38. The van der Waals surface area contributed by atoms with Crippen molar-refractivity contribution in [2.45, 2.75) is 20.8 Å². The molecule has 0 unspecified atom stereocenters. The van der Waals surface area contributed by atoms with Gasteiger partial charge < -0.3 is 4.57 Å². The van der Waals surface area contributed by atoms with E-state index in [1.807, 2.05) is 12.1 Å². The summed E-state index contributed by atoms with van der Waals surface area (Å²) in [5.41, 5.74) is 2.90. The molecule has 4 aromatic rings. The van der Waals surface area contributed by atoms with Gasteiger partial charge in [0.1, 0.15) is 17.5 Å². The Morgan fingerprint density at radius 3 is 1.64 bits per heavy atom. The van der Waals surface area contributed by atoms with Crippen molar-refractivity contribution >= 4 is 21.8 Å². The first kappa shape index (κ1) is 15.8. The van der Waals surface area contributed by atoms with Crippen LogP contribution in [-0.4, -0.2) is 4.57 Å². The number of aryl methyl sites for hydroxylation is 3. The van der Waals surface area contributed by atoms with E-state index in [9.17, 15) is 13.2 Å². The van der Waals surface area contributed by atoms with E-state index in [1.54, 1.807) is 32.9 Å². The van der Waals surface area contributed by atoms with Crippen molar-refractivity contribution in [2.24, 2.45) is 0 Å². The molecule has 0 bridgehead atoms. The Hall–Kier alpha value is -2.75. The lowest BCUT2D eigenvalue weighted by Gasteiger charge is -2.10. The summed E-state index contributed by atoms with van der Waals surface area (Å²) in [5.74, 6) is -1.32. The lowest BCUT2D eigenvalue weighted by Crippen LogP contribution is -1.99. The van der Waals surface area contributed by atoms with Crippen LogP contribution in [0.2, 0.25) is 0 Å². The molecule has 0 spiro atoms. The Morgan fingerprint density at radius 2 is 1.16 bits per heavy atom. The van der Waals surface area contributed by atoms with Crippen LogP contribution in [-0.2, 0) is 0 Å². The molecule has 4 rings (SSSR count). The van der Waals surface area contributed by atoms with Crippen molar-refractivity contribution < 1.29 is 13.2 Å². The molecular weight excluding hydrogens is 323 g/mol. The third-order valence-corrected chi connectivity index (χ3v) is 4.57. The standard InChI is InChI=1S/C21H16F3N/c1-11-6-15-16-7-12(2)9-19(24)21(16)25(20(15)18(23)8-11)14-5-4-13(3)17(22)10-14/h4-10H,1-3H3. The molecule has 0 radical (unpaired) electrons. The van der Waals surface area contributed by atoms with Gasteiger partial charge in [0.15, 0.2) is 0 Å². The van der Waals surface area contributed by atoms with E-state index >= 15 is 0 Å². The Bertz CT molecular complexity index is 1090. The number of fused-ring (bicyclic) bond motifs is 3. The van der Waals surface area contributed by atoms with E-state index in [2.05, 4.69) is 0 Å². The number of hydrogen-bond donors (Lipinski definition) is 0. The topological polar surface area (TPSA) is 4.93 Å². The van der Waals surface area contributed by atoms with Crippen molar-refractivity contribution in [1.82, 2.24) is 4.57 Å². The maximum atomic E-state index is 14.8. The van der Waals surface area contributed by atoms with Crippen molar-refractivity contribution in [3.8, 4) is 5.69 Å². The molecule has 4 heteroatoms. The molecule has 0 aliphatic heterocycles. The predicted octanol–water partition coefficient (Wildman–Crippen LogP) is 6.13. The van der Waals surface area contributed by atoms with Gasteiger partial charge in [0.2, 0.25) is 0 Å². The molecule has 0 saturated heterocycles. The number of hydrogen-bond acceptors (Lipinski definition) is 0. The highest BCUT2D eigenvalue weighted by Crippen LogP contribution is 2.36. The highest BCUT2D eigenvalue weighted by Gasteiger charge is 2.20. The summed E-state index contributed by atoms with van der Waals surface area (Å²) in [5, 5.41) is 1.24. The Balaban J connectivity index is 2.27. The largest absolute Gasteiger partial charge is 0.304 e. The minimum atomic E-state index is -0.454. The van der Waals surface area contributed by atoms with Gasteiger partial charge in [0.05, 0.1) is 11.0 Å². The van der Waals surface area contributed by atoms with E-state index in [4.69, 9.17) is 0 Å². The Labute approximate surface area is 143 Å². The van der Waals surface area contributed by atoms with Gasteiger partial charge in [-0.25, -0.2) is 13.2 Å². The molecule has 1 nitrogen and oxygen atoms in total. The summed E-state index contributed by atoms with van der Waals surface area (Å²) in [4.78, 5) is 0. The zero-order valence-corrected chi connectivity index (χ0v) is 14.1. The van der Waals surface area contributed by atoms with Crippen molar-refractivity contribution in [3.05, 3.63) is 76.6 Å². The van der Waals surface area contributed by atoms with Gasteiger partial charge in [-0.15, -0.1) is 0 Å². The second-order valence-corrected chi connectivity index (χ2v) is 6.55. The van der Waals surface area contributed by atoms with Gasteiger partial charge in [-0.2, -0.15) is 0 Å². The average molecular weight is 339 g/mol. The van der Waals surface area contributed by atoms with Crippen LogP contribution < -0.4 is 0 Å². The summed E-state index contributed by atoms with van der Waals surface area (Å²) < 4.78 is 45.2. The van der Waals surface area contributed by atoms with Crippen LogP contribution in [0.3, 0.4) is 0 Å². The number of aromatic nitrogens is 1. The number of nitrogens with zero attached hydrogens (tertiary/aromatic N) is 1. The van der Waals surface area contributed by atoms with Crippen LogP contribution >= 0.6 is 0 Å². The molecule has 0 atom stereocenters. The van der Waals surface area contributed by atoms with Gasteiger partial charge in [-0.1, -0.05) is 6.07 Å². The molecule has 0 fully saturated rings. The molecule has 25 heavy (non-hydrogen) atoms. The highest BCUT2D eigenvalue weighted by molar-refractivity contribution is 6.10. The fraction of sp³-hybridized carbons (Fsp3) is 0.143. The first-order chi connectivity index (χ1) is 11.9. The fourth-order valence-electron chi connectivity index (χ4n) is 3.43. The van der Waals surface area contributed by atoms with Crippen molar-refractivity contribution in [2.75, 3.05) is 0 Å². The van der Waals surface area contributed by atoms with Gasteiger partial charge in [0.25, 0.3) is 0 Å². The van der Waals surface area contributed by atoms with Gasteiger partial charge in [-0.3, -0.25) is 0 Å². The van der Waals surface area contributed by atoms with Gasteiger partial charge >= 0.3 is 0 Å². The smallest absolute Gasteiger partial charge is 0.148 e. The lowest BCUT2D eigenvalue weighted by atomic mass is 10.1. The van der Waals surface area contributed by atoms with Crippen LogP contribution in [0.4, 0.5) is 13.2 Å². The van der Waals surface area contributed by atoms with Crippen molar-refractivity contribution in [3.63, 3.8) is 0 Å². The van der Waals surface area contributed by atoms with Crippen LogP contribution in [0.5, 0.6) is 0 Å². The van der Waals surface area contributed by atoms with E-state index in [0.717, 1.165) is 11.1 Å². The maximum absolute atomic E-state index is 14.8. The SMILES string of the molecule is Cc1cc(F)c2c(c1)c1cc(C)cc(F)c1n2-c1ccc(C)c(F)c1. The summed E-state index contributed by atoms with van der Waals surface area (Å²) in [6.07, 6.45) is 0. The molecule has 0 aliphatic carbocycles. The molecule has 1 aromatic heterocycles. The Morgan fingerprint density at radius 1 is 0.640 bits per heavy atom. The molecule has 0 saturated carbocycles. The molecular formula is C21H16F3N. The van der Waals surface area contributed by atoms with Crippen LogP contribution in [0.25, 0.3) is 27.5 Å². The second-order valence-electron chi connectivity index (χ2n) is 6.55. The summed E-state index contributed by atoms with van der Waals surface area (Å²) in [6.45, 7) is 5.24. The molecule has 126 valence electrons. The first-order valence-electron chi connectivity index (χ1n) is 8.04. The minimum Gasteiger partial charge on any atom is -0.304 e. The summed E-state index contributed by atoms with van der Waals surface area (Å²) in [6, 6.07) is 11.1. The minimum absolute atomic E-state index is 0.258. The molecule has 0 aliphatic rings. The molecule has 0 N–H and O–H groups in total. The highest BCUT2D eigenvalue weighted by atomic mass is 19.1. The number of benzene rings is 3. The van der Waals surface area contributed by atoms with E-state index in [1.165, 1.54) is 22.8 Å². The maximum Gasteiger partial charge on any atom is 0.148 e. The quantitative estimate of drug-likeness (QED) is 0.393. The fourth-order valence-corrected chi connectivity index (χ4v) is 3.43. The van der Waals surface area contributed by atoms with Crippen molar-refractivity contribution in [1.29, 1.82) is 0 Å². The average Bonchev–Trinajstić information content (AvgIpc) is 2.85. The van der Waals surface area contributed by atoms with E-state index < -0.39 is 17.5 Å². The van der Waals surface area contributed by atoms with E-state index in [-0.39, 0.29) is 11.0 Å². The van der Waals surface area contributed by atoms with Crippen LogP contribution in [0, 0.1) is 38.2 Å². The summed E-state index contributed by atoms with van der Waals surface area (Å²) in [7, 11) is 0.